The number of fused-ring (bicyclic) bond motifs is 5. The van der Waals surface area contributed by atoms with Crippen LogP contribution >= 0.6 is 0 Å². The fraction of sp³-hybridized carbons (Fsp3) is 0.487. The second-order valence-corrected chi connectivity index (χ2v) is 13.9. The summed E-state index contributed by atoms with van der Waals surface area (Å²) >= 11 is 0. The molecule has 0 unspecified atom stereocenters. The second-order valence-electron chi connectivity index (χ2n) is 13.9. The first-order valence-electron chi connectivity index (χ1n) is 17.4. The number of hydrogen-bond donors (Lipinski definition) is 2. The highest BCUT2D eigenvalue weighted by atomic mass is 16.6. The lowest BCUT2D eigenvalue weighted by Gasteiger charge is -2.31. The number of cyclic esters (lactones) is 1. The Labute approximate surface area is 290 Å². The highest BCUT2D eigenvalue weighted by Gasteiger charge is 2.45. The first-order valence-corrected chi connectivity index (χ1v) is 17.4. The normalized spacial score (nSPS) is 18.5. The van der Waals surface area contributed by atoms with Gasteiger partial charge in [0.25, 0.3) is 5.56 Å². The van der Waals surface area contributed by atoms with Crippen molar-refractivity contribution < 1.29 is 33.8 Å². The number of pyridine rings is 2. The number of ether oxygens (including phenoxy) is 2. The van der Waals surface area contributed by atoms with Crippen molar-refractivity contribution in [2.45, 2.75) is 97.4 Å². The zero-order chi connectivity index (χ0) is 35.9. The van der Waals surface area contributed by atoms with Crippen molar-refractivity contribution in [1.29, 1.82) is 0 Å². The number of benzene rings is 1. The highest BCUT2D eigenvalue weighted by Crippen LogP contribution is 2.43. The molecule has 11 nitrogen and oxygen atoms in total. The summed E-state index contributed by atoms with van der Waals surface area (Å²) in [7, 11) is 0. The average molecular weight is 682 g/mol. The zero-order valence-corrected chi connectivity index (χ0v) is 29.0. The van der Waals surface area contributed by atoms with E-state index in [-0.39, 0.29) is 85.6 Å². The molecule has 1 aromatic carbocycles. The second kappa shape index (κ2) is 13.9. The fourth-order valence-corrected chi connectivity index (χ4v) is 7.59. The molecular weight excluding hydrogens is 638 g/mol. The first kappa shape index (κ1) is 35.2. The Hall–Kier alpha value is -4.66. The van der Waals surface area contributed by atoms with Gasteiger partial charge in [0.15, 0.2) is 11.4 Å². The molecule has 0 bridgehead atoms. The van der Waals surface area contributed by atoms with Crippen molar-refractivity contribution in [2.24, 2.45) is 11.8 Å². The van der Waals surface area contributed by atoms with Gasteiger partial charge in [0.05, 0.1) is 41.7 Å². The Morgan fingerprint density at radius 3 is 2.62 bits per heavy atom. The van der Waals surface area contributed by atoms with Crippen LogP contribution in [0.1, 0.15) is 86.8 Å². The minimum absolute atomic E-state index is 0.0583. The monoisotopic (exact) mass is 681 g/mol. The number of aromatic nitrogens is 2. The van der Waals surface area contributed by atoms with Crippen LogP contribution in [0.4, 0.5) is 0 Å². The van der Waals surface area contributed by atoms with E-state index in [0.717, 1.165) is 52.4 Å². The molecule has 0 spiro atoms. The molecule has 0 radical (unpaired) electrons. The molecule has 2 aliphatic heterocycles. The van der Waals surface area contributed by atoms with Crippen molar-refractivity contribution >= 4 is 34.3 Å². The summed E-state index contributed by atoms with van der Waals surface area (Å²) in [5.74, 6) is 0.349. The molecule has 2 N–H and O–H groups in total. The van der Waals surface area contributed by atoms with Gasteiger partial charge in [0, 0.05) is 41.7 Å². The number of carbonyl (C=O) groups is 4. The number of nitrogens with one attached hydrogen (secondary N) is 1. The van der Waals surface area contributed by atoms with Crippen molar-refractivity contribution in [2.75, 3.05) is 13.2 Å². The van der Waals surface area contributed by atoms with Gasteiger partial charge in [-0.1, -0.05) is 32.8 Å². The third-order valence-corrected chi connectivity index (χ3v) is 10.5. The van der Waals surface area contributed by atoms with Crippen LogP contribution in [0, 0.1) is 24.2 Å². The van der Waals surface area contributed by atoms with Crippen LogP contribution in [0.5, 0.6) is 0 Å². The van der Waals surface area contributed by atoms with Gasteiger partial charge in [-0.2, -0.15) is 0 Å². The number of aliphatic hydroxyl groups is 1. The molecule has 1 aliphatic carbocycles. The van der Waals surface area contributed by atoms with Crippen LogP contribution in [0.2, 0.25) is 0 Å². The molecule has 11 heteroatoms. The van der Waals surface area contributed by atoms with E-state index in [1.165, 1.54) is 0 Å². The standard InChI is InChI=1S/C39H43N3O8/c1-6-14-49-15-13-24(43)17-27(21(3)4)36(45)40-22(5)33(44)16-23-11-12-31-34-25(23)9-8-10-26(34)28-19-42-32(35(28)41-31)18-30-29(37(42)46)20-50-38(47)39(30,48)7-2/h1,11-12,18,21-22,27,48H,7-10,13-17,19-20H2,2-5H3,(H,40,45)/t22-,27-,39-/m0/s1. The number of rotatable bonds is 13. The van der Waals surface area contributed by atoms with E-state index >= 15 is 0 Å². The van der Waals surface area contributed by atoms with Crippen LogP contribution in [-0.4, -0.2) is 57.4 Å². The van der Waals surface area contributed by atoms with Crippen molar-refractivity contribution in [3.8, 4) is 23.7 Å². The number of ketones is 2. The third kappa shape index (κ3) is 6.16. The lowest BCUT2D eigenvalue weighted by molar-refractivity contribution is -0.172. The number of Topliss-reactive ketones (excluding diaryl/α,β-unsaturated/α-hetero) is 2. The topological polar surface area (TPSA) is 154 Å². The maximum Gasteiger partial charge on any atom is 0.343 e. The van der Waals surface area contributed by atoms with Gasteiger partial charge in [-0.3, -0.25) is 19.2 Å². The van der Waals surface area contributed by atoms with Gasteiger partial charge in [0.1, 0.15) is 19.0 Å². The Bertz CT molecular complexity index is 2020. The van der Waals surface area contributed by atoms with E-state index in [1.807, 2.05) is 26.0 Å². The molecular formula is C39H43N3O8. The smallest absolute Gasteiger partial charge is 0.343 e. The van der Waals surface area contributed by atoms with Gasteiger partial charge < -0.3 is 24.5 Å². The van der Waals surface area contributed by atoms with Gasteiger partial charge in [-0.25, -0.2) is 9.78 Å². The predicted molar refractivity (Wildman–Crippen MR) is 185 cm³/mol. The largest absolute Gasteiger partial charge is 0.458 e. The third-order valence-electron chi connectivity index (χ3n) is 10.5. The Morgan fingerprint density at radius 1 is 1.14 bits per heavy atom. The number of carbonyl (C=O) groups excluding carboxylic acids is 4. The maximum absolute atomic E-state index is 13.7. The number of esters is 1. The minimum Gasteiger partial charge on any atom is -0.458 e. The Balaban J connectivity index is 1.24. The minimum atomic E-state index is -1.90. The fourth-order valence-electron chi connectivity index (χ4n) is 7.59. The lowest BCUT2D eigenvalue weighted by atomic mass is 9.83. The van der Waals surface area contributed by atoms with Gasteiger partial charge in [0.2, 0.25) is 5.91 Å². The molecule has 1 amide bonds. The summed E-state index contributed by atoms with van der Waals surface area (Å²) < 4.78 is 12.1. The molecule has 0 fully saturated rings. The zero-order valence-electron chi connectivity index (χ0n) is 29.0. The van der Waals surface area contributed by atoms with Gasteiger partial charge in [-0.15, -0.1) is 6.42 Å². The quantitative estimate of drug-likeness (QED) is 0.123. The Kier molecular flexibility index (Phi) is 9.80. The molecule has 4 heterocycles. The van der Waals surface area contributed by atoms with Crippen LogP contribution in [0.25, 0.3) is 22.3 Å². The average Bonchev–Trinajstić information content (AvgIpc) is 3.47. The van der Waals surface area contributed by atoms with Gasteiger partial charge >= 0.3 is 5.97 Å². The molecule has 3 atom stereocenters. The summed E-state index contributed by atoms with van der Waals surface area (Å²) in [4.78, 5) is 70.6. The Morgan fingerprint density at radius 2 is 1.90 bits per heavy atom. The van der Waals surface area contributed by atoms with E-state index in [9.17, 15) is 29.1 Å². The molecule has 0 saturated heterocycles. The summed E-state index contributed by atoms with van der Waals surface area (Å²) in [5, 5.41) is 15.1. The van der Waals surface area contributed by atoms with E-state index in [0.29, 0.717) is 17.9 Å². The summed E-state index contributed by atoms with van der Waals surface area (Å²) in [6, 6.07) is 4.77. The first-order chi connectivity index (χ1) is 23.9. The van der Waals surface area contributed by atoms with Crippen molar-refractivity contribution in [3.63, 3.8) is 0 Å². The van der Waals surface area contributed by atoms with Crippen LogP contribution in [-0.2, 0) is 66.7 Å². The molecule has 50 heavy (non-hydrogen) atoms. The van der Waals surface area contributed by atoms with E-state index in [4.69, 9.17) is 20.9 Å². The lowest BCUT2D eigenvalue weighted by Crippen LogP contribution is -2.44. The van der Waals surface area contributed by atoms with E-state index < -0.39 is 23.5 Å². The van der Waals surface area contributed by atoms with Crippen molar-refractivity contribution in [3.05, 3.63) is 61.9 Å². The molecule has 0 saturated carbocycles. The van der Waals surface area contributed by atoms with Crippen LogP contribution < -0.4 is 10.9 Å². The summed E-state index contributed by atoms with van der Waals surface area (Å²) in [5.41, 5.74) is 4.30. The van der Waals surface area contributed by atoms with E-state index in [1.54, 1.807) is 24.5 Å². The molecule has 2 aromatic heterocycles. The molecule has 3 aliphatic rings. The highest BCUT2D eigenvalue weighted by molar-refractivity contribution is 5.96. The molecule has 6 rings (SSSR count). The number of hydrogen-bond acceptors (Lipinski definition) is 9. The summed E-state index contributed by atoms with van der Waals surface area (Å²) in [6.45, 7) is 7.57. The molecule has 262 valence electrons. The molecule has 3 aromatic rings. The number of nitrogens with zero attached hydrogens (tertiary/aromatic N) is 2. The number of amides is 1. The SMILES string of the molecule is C#CCOCCC(=O)C[C@H](C(=O)N[C@@H](C)C(=O)Cc1ccc2nc3c(c4c2c1CCC4)Cn1c-3cc2c(c1=O)COC(=O)[C@]2(O)CC)C(C)C. The van der Waals surface area contributed by atoms with Crippen LogP contribution in [0.3, 0.4) is 0 Å². The van der Waals surface area contributed by atoms with Gasteiger partial charge in [-0.05, 0) is 67.3 Å². The van der Waals surface area contributed by atoms with E-state index in [2.05, 4.69) is 11.2 Å². The number of terminal acetylenes is 1. The number of aryl methyl sites for hydroxylation is 2. The maximum atomic E-state index is 13.7. The van der Waals surface area contributed by atoms with Crippen LogP contribution in [0.15, 0.2) is 23.0 Å². The van der Waals surface area contributed by atoms with Crippen molar-refractivity contribution in [1.82, 2.24) is 14.9 Å². The predicted octanol–water partition coefficient (Wildman–Crippen LogP) is 3.46. The summed E-state index contributed by atoms with van der Waals surface area (Å²) in [6.07, 6.45) is 8.00.